The zero-order valence-corrected chi connectivity index (χ0v) is 15.8. The predicted octanol–water partition coefficient (Wildman–Crippen LogP) is 2.00. The number of benzene rings is 1. The molecule has 2 heterocycles. The minimum absolute atomic E-state index is 0.281. The number of rotatable bonds is 5. The van der Waals surface area contributed by atoms with E-state index >= 15 is 0 Å². The summed E-state index contributed by atoms with van der Waals surface area (Å²) in [5.41, 5.74) is 6.82. The Morgan fingerprint density at radius 2 is 2.04 bits per heavy atom. The summed E-state index contributed by atoms with van der Waals surface area (Å²) in [4.78, 5) is 42.3. The first-order chi connectivity index (χ1) is 13.0. The molecular weight excluding hydrogens is 366 g/mol. The van der Waals surface area contributed by atoms with Crippen molar-refractivity contribution < 1.29 is 19.1 Å². The van der Waals surface area contributed by atoms with Gasteiger partial charge in [0.05, 0.1) is 11.6 Å². The van der Waals surface area contributed by atoms with Gasteiger partial charge in [0, 0.05) is 18.7 Å². The predicted molar refractivity (Wildman–Crippen MR) is 101 cm³/mol. The average Bonchev–Trinajstić information content (AvgIpc) is 3.08. The fraction of sp³-hybridized carbons (Fsp3) is 0.368. The molecule has 2 amide bonds. The van der Waals surface area contributed by atoms with Crippen molar-refractivity contribution in [3.8, 4) is 10.6 Å². The van der Waals surface area contributed by atoms with Crippen LogP contribution < -0.4 is 5.73 Å². The Balaban J connectivity index is 1.60. The van der Waals surface area contributed by atoms with Crippen LogP contribution >= 0.6 is 11.3 Å². The van der Waals surface area contributed by atoms with Crippen molar-refractivity contribution in [1.29, 1.82) is 0 Å². The van der Waals surface area contributed by atoms with Gasteiger partial charge in [-0.3, -0.25) is 9.59 Å². The van der Waals surface area contributed by atoms with Gasteiger partial charge in [0.25, 0.3) is 5.91 Å². The number of aromatic nitrogens is 1. The summed E-state index contributed by atoms with van der Waals surface area (Å²) in [5.74, 6) is -1.63. The van der Waals surface area contributed by atoms with Crippen LogP contribution in [0.4, 0.5) is 0 Å². The van der Waals surface area contributed by atoms with E-state index in [0.29, 0.717) is 30.0 Å². The number of piperidine rings is 1. The first kappa shape index (κ1) is 19.0. The minimum Gasteiger partial charge on any atom is -0.451 e. The number of aryl methyl sites for hydroxylation is 1. The molecule has 1 saturated heterocycles. The lowest BCUT2D eigenvalue weighted by Crippen LogP contribution is -2.45. The molecule has 1 aromatic carbocycles. The largest absolute Gasteiger partial charge is 0.451 e. The molecule has 0 aliphatic carbocycles. The lowest BCUT2D eigenvalue weighted by atomic mass is 9.97. The standard InChI is InChI=1S/C19H21N3O4S/c1-12-16(27-18(21-12)13-6-3-2-4-7-13)19(25)26-11-15(23)22-9-5-8-14(10-22)17(20)24/h2-4,6-7,14H,5,8-11H2,1H3,(H2,20,24)/t14-/m1/s1. The Bertz CT molecular complexity index is 850. The number of nitrogens with two attached hydrogens (primary N) is 1. The van der Waals surface area contributed by atoms with Gasteiger partial charge in [-0.25, -0.2) is 9.78 Å². The van der Waals surface area contributed by atoms with Crippen LogP contribution in [0.1, 0.15) is 28.2 Å². The van der Waals surface area contributed by atoms with Crippen LogP contribution in [-0.2, 0) is 14.3 Å². The van der Waals surface area contributed by atoms with Crippen molar-refractivity contribution in [2.75, 3.05) is 19.7 Å². The highest BCUT2D eigenvalue weighted by Crippen LogP contribution is 2.28. The van der Waals surface area contributed by atoms with E-state index in [1.807, 2.05) is 30.3 Å². The SMILES string of the molecule is Cc1nc(-c2ccccc2)sc1C(=O)OCC(=O)N1CCC[C@@H](C(N)=O)C1. The van der Waals surface area contributed by atoms with E-state index in [-0.39, 0.29) is 25.0 Å². The van der Waals surface area contributed by atoms with E-state index < -0.39 is 11.9 Å². The van der Waals surface area contributed by atoms with Gasteiger partial charge in [-0.1, -0.05) is 30.3 Å². The Morgan fingerprint density at radius 1 is 1.30 bits per heavy atom. The highest BCUT2D eigenvalue weighted by atomic mass is 32.1. The molecule has 8 heteroatoms. The number of carbonyl (C=O) groups is 3. The molecule has 0 spiro atoms. The minimum atomic E-state index is -0.566. The van der Waals surface area contributed by atoms with Crippen LogP contribution in [0.3, 0.4) is 0 Å². The number of amides is 2. The smallest absolute Gasteiger partial charge is 0.350 e. The monoisotopic (exact) mass is 387 g/mol. The summed E-state index contributed by atoms with van der Waals surface area (Å²) >= 11 is 1.24. The maximum Gasteiger partial charge on any atom is 0.350 e. The number of hydrogen-bond acceptors (Lipinski definition) is 6. The van der Waals surface area contributed by atoms with Crippen molar-refractivity contribution in [3.05, 3.63) is 40.9 Å². The van der Waals surface area contributed by atoms with Gasteiger partial charge in [-0.15, -0.1) is 11.3 Å². The number of likely N-dealkylation sites (tertiary alicyclic amines) is 1. The number of nitrogens with zero attached hydrogens (tertiary/aromatic N) is 2. The highest BCUT2D eigenvalue weighted by Gasteiger charge is 2.28. The molecule has 1 fully saturated rings. The molecule has 0 bridgehead atoms. The van der Waals surface area contributed by atoms with Gasteiger partial charge in [0.2, 0.25) is 5.91 Å². The Kier molecular flexibility index (Phi) is 5.85. The summed E-state index contributed by atoms with van der Waals surface area (Å²) in [7, 11) is 0. The van der Waals surface area contributed by atoms with Crippen molar-refractivity contribution in [3.63, 3.8) is 0 Å². The zero-order chi connectivity index (χ0) is 19.4. The van der Waals surface area contributed by atoms with E-state index in [2.05, 4.69) is 4.98 Å². The molecule has 1 aliphatic heterocycles. The van der Waals surface area contributed by atoms with Crippen LogP contribution in [0.5, 0.6) is 0 Å². The van der Waals surface area contributed by atoms with Crippen LogP contribution in [0.2, 0.25) is 0 Å². The van der Waals surface area contributed by atoms with Crippen molar-refractivity contribution >= 4 is 29.1 Å². The van der Waals surface area contributed by atoms with Gasteiger partial charge in [-0.05, 0) is 19.8 Å². The van der Waals surface area contributed by atoms with Crippen molar-refractivity contribution in [2.45, 2.75) is 19.8 Å². The zero-order valence-electron chi connectivity index (χ0n) is 15.0. The quantitative estimate of drug-likeness (QED) is 0.791. The Morgan fingerprint density at radius 3 is 2.74 bits per heavy atom. The number of thiazole rings is 1. The molecule has 2 aromatic rings. The Hall–Kier alpha value is -2.74. The summed E-state index contributed by atoms with van der Waals surface area (Å²) in [5, 5.41) is 0.728. The summed E-state index contributed by atoms with van der Waals surface area (Å²) in [6, 6.07) is 9.56. The molecule has 1 atom stereocenters. The molecule has 2 N–H and O–H groups in total. The second-order valence-electron chi connectivity index (χ2n) is 6.46. The van der Waals surface area contributed by atoms with Gasteiger partial charge in [0.15, 0.2) is 6.61 Å². The van der Waals surface area contributed by atoms with Crippen LogP contribution in [0.15, 0.2) is 30.3 Å². The topological polar surface area (TPSA) is 103 Å². The third kappa shape index (κ3) is 4.51. The third-order valence-electron chi connectivity index (χ3n) is 4.51. The van der Waals surface area contributed by atoms with Gasteiger partial charge in [-0.2, -0.15) is 0 Å². The normalized spacial score (nSPS) is 16.8. The van der Waals surface area contributed by atoms with Crippen LogP contribution in [0, 0.1) is 12.8 Å². The lowest BCUT2D eigenvalue weighted by molar-refractivity contribution is -0.137. The summed E-state index contributed by atoms with van der Waals surface area (Å²) < 4.78 is 5.19. The molecular formula is C19H21N3O4S. The molecule has 142 valence electrons. The lowest BCUT2D eigenvalue weighted by Gasteiger charge is -2.30. The van der Waals surface area contributed by atoms with E-state index in [9.17, 15) is 14.4 Å². The number of esters is 1. The Labute approximate surface area is 161 Å². The number of primary amides is 1. The van der Waals surface area contributed by atoms with E-state index in [1.54, 1.807) is 6.92 Å². The second kappa shape index (κ2) is 8.30. The van der Waals surface area contributed by atoms with Crippen LogP contribution in [-0.4, -0.2) is 47.4 Å². The molecule has 7 nitrogen and oxygen atoms in total. The second-order valence-corrected chi connectivity index (χ2v) is 7.46. The summed E-state index contributed by atoms with van der Waals surface area (Å²) in [6.45, 7) is 2.20. The molecule has 0 radical (unpaired) electrons. The first-order valence-corrected chi connectivity index (χ1v) is 9.54. The molecule has 27 heavy (non-hydrogen) atoms. The van der Waals surface area contributed by atoms with E-state index in [1.165, 1.54) is 16.2 Å². The molecule has 1 aliphatic rings. The van der Waals surface area contributed by atoms with E-state index in [4.69, 9.17) is 10.5 Å². The number of ether oxygens (including phenoxy) is 1. The summed E-state index contributed by atoms with van der Waals surface area (Å²) in [6.07, 6.45) is 1.39. The van der Waals surface area contributed by atoms with E-state index in [0.717, 1.165) is 10.6 Å². The van der Waals surface area contributed by atoms with Gasteiger partial charge in [0.1, 0.15) is 9.88 Å². The van der Waals surface area contributed by atoms with Gasteiger partial charge < -0.3 is 15.4 Å². The fourth-order valence-corrected chi connectivity index (χ4v) is 3.98. The van der Waals surface area contributed by atoms with Crippen molar-refractivity contribution in [1.82, 2.24) is 9.88 Å². The molecule has 0 unspecified atom stereocenters. The first-order valence-electron chi connectivity index (χ1n) is 8.72. The van der Waals surface area contributed by atoms with Gasteiger partial charge >= 0.3 is 5.97 Å². The maximum atomic E-state index is 12.4. The fourth-order valence-electron chi connectivity index (χ4n) is 3.01. The molecule has 1 aromatic heterocycles. The average molecular weight is 387 g/mol. The molecule has 3 rings (SSSR count). The number of carbonyl (C=O) groups excluding carboxylic acids is 3. The molecule has 0 saturated carbocycles. The highest BCUT2D eigenvalue weighted by molar-refractivity contribution is 7.17. The number of hydrogen-bond donors (Lipinski definition) is 1. The van der Waals surface area contributed by atoms with Crippen molar-refractivity contribution in [2.24, 2.45) is 11.7 Å². The van der Waals surface area contributed by atoms with Crippen LogP contribution in [0.25, 0.3) is 10.6 Å². The maximum absolute atomic E-state index is 12.4. The third-order valence-corrected chi connectivity index (χ3v) is 5.69.